The average molecular weight is 150 g/mol. The van der Waals surface area contributed by atoms with Gasteiger partial charge in [-0.1, -0.05) is 6.07 Å². The maximum Gasteiger partial charge on any atom is 1.00 e. The number of hydrogen-bond donors (Lipinski definition) is 0. The Balaban J connectivity index is 0.000001000. The zero-order valence-electron chi connectivity index (χ0n) is 6.32. The molecule has 0 aromatic heterocycles. The summed E-state index contributed by atoms with van der Waals surface area (Å²) in [6.07, 6.45) is 0. The van der Waals surface area contributed by atoms with Gasteiger partial charge in [-0.2, -0.15) is 0 Å². The number of ether oxygens (including phenoxy) is 1. The molecular weight excluding hydrogens is 145 g/mol. The van der Waals surface area contributed by atoms with E-state index in [2.05, 4.69) is 10.8 Å². The molecular formula is C7H5F2LiO. The van der Waals surface area contributed by atoms with Crippen LogP contribution in [0, 0.1) is 17.7 Å². The van der Waals surface area contributed by atoms with E-state index in [1.807, 2.05) is 0 Å². The predicted octanol–water partition coefficient (Wildman–Crippen LogP) is -1.22. The first-order chi connectivity index (χ1) is 4.74. The smallest absolute Gasteiger partial charge is 0.523 e. The Morgan fingerprint density at radius 1 is 1.36 bits per heavy atom. The molecule has 0 heterocycles. The van der Waals surface area contributed by atoms with E-state index in [0.29, 0.717) is 0 Å². The van der Waals surface area contributed by atoms with Crippen molar-refractivity contribution in [3.63, 3.8) is 0 Å². The molecule has 0 unspecified atom stereocenters. The molecule has 0 fully saturated rings. The molecule has 0 spiro atoms. The molecule has 0 aliphatic rings. The summed E-state index contributed by atoms with van der Waals surface area (Å²) < 4.78 is 29.1. The molecule has 0 saturated heterocycles. The van der Waals surface area contributed by atoms with Gasteiger partial charge in [0.15, 0.2) is 0 Å². The summed E-state index contributed by atoms with van der Waals surface area (Å²) in [5.41, 5.74) is 0. The molecule has 4 heteroatoms. The minimum absolute atomic E-state index is 0. The Labute approximate surface area is 75.5 Å². The standard InChI is InChI=1S/C7H5F2O.Li/c1-10-5-2-3-6(8)7(9)4-5;/h3-4H,1H3;/q-1;+1. The van der Waals surface area contributed by atoms with Gasteiger partial charge in [-0.05, 0) is 0 Å². The Bertz CT molecular complexity index is 240. The van der Waals surface area contributed by atoms with Crippen LogP contribution in [-0.4, -0.2) is 7.11 Å². The van der Waals surface area contributed by atoms with Crippen molar-refractivity contribution < 1.29 is 32.4 Å². The van der Waals surface area contributed by atoms with Crippen LogP contribution < -0.4 is 23.6 Å². The Morgan fingerprint density at radius 3 is 2.45 bits per heavy atom. The van der Waals surface area contributed by atoms with Crippen LogP contribution in [-0.2, 0) is 0 Å². The van der Waals surface area contributed by atoms with E-state index in [-0.39, 0.29) is 24.6 Å². The minimum Gasteiger partial charge on any atom is -0.523 e. The van der Waals surface area contributed by atoms with Gasteiger partial charge in [-0.3, -0.25) is 4.39 Å². The van der Waals surface area contributed by atoms with Crippen LogP contribution in [0.5, 0.6) is 5.75 Å². The monoisotopic (exact) mass is 150 g/mol. The quantitative estimate of drug-likeness (QED) is 0.360. The van der Waals surface area contributed by atoms with E-state index >= 15 is 0 Å². The van der Waals surface area contributed by atoms with Crippen LogP contribution in [0.25, 0.3) is 0 Å². The van der Waals surface area contributed by atoms with Crippen LogP contribution in [0.4, 0.5) is 8.78 Å². The van der Waals surface area contributed by atoms with Crippen molar-refractivity contribution in [2.45, 2.75) is 0 Å². The second-order valence-electron chi connectivity index (χ2n) is 1.70. The summed E-state index contributed by atoms with van der Waals surface area (Å²) in [6.45, 7) is 0. The van der Waals surface area contributed by atoms with Gasteiger partial charge in [0, 0.05) is 11.6 Å². The van der Waals surface area contributed by atoms with E-state index < -0.39 is 11.6 Å². The second-order valence-corrected chi connectivity index (χ2v) is 1.70. The zero-order chi connectivity index (χ0) is 7.56. The van der Waals surface area contributed by atoms with Gasteiger partial charge < -0.3 is 4.74 Å². The van der Waals surface area contributed by atoms with Crippen molar-refractivity contribution in [3.05, 3.63) is 29.8 Å². The fourth-order valence-electron chi connectivity index (χ4n) is 0.547. The Kier molecular flexibility index (Phi) is 4.17. The van der Waals surface area contributed by atoms with E-state index in [4.69, 9.17) is 0 Å². The van der Waals surface area contributed by atoms with Crippen molar-refractivity contribution >= 4 is 0 Å². The summed E-state index contributed by atoms with van der Waals surface area (Å²) in [4.78, 5) is 0. The molecule has 0 radical (unpaired) electrons. The molecule has 54 valence electrons. The number of hydrogen-bond acceptors (Lipinski definition) is 1. The minimum atomic E-state index is -0.921. The fourth-order valence-corrected chi connectivity index (χ4v) is 0.547. The molecule has 0 atom stereocenters. The van der Waals surface area contributed by atoms with E-state index in [1.54, 1.807) is 0 Å². The number of halogens is 2. The van der Waals surface area contributed by atoms with Crippen molar-refractivity contribution in [2.75, 3.05) is 7.11 Å². The van der Waals surface area contributed by atoms with Crippen LogP contribution in [0.1, 0.15) is 0 Å². The second kappa shape index (κ2) is 4.37. The third-order valence-electron chi connectivity index (χ3n) is 1.05. The average Bonchev–Trinajstić information content (AvgIpc) is 1.95. The molecule has 0 amide bonds. The Hall–Kier alpha value is -0.523. The molecule has 1 aromatic rings. The fraction of sp³-hybridized carbons (Fsp3) is 0.143. The predicted molar refractivity (Wildman–Crippen MR) is 31.7 cm³/mol. The summed E-state index contributed by atoms with van der Waals surface area (Å²) in [5.74, 6) is -1.64. The van der Waals surface area contributed by atoms with Gasteiger partial charge in [-0.15, -0.1) is 12.1 Å². The molecule has 0 saturated carbocycles. The molecule has 0 aliphatic carbocycles. The molecule has 1 nitrogen and oxygen atoms in total. The van der Waals surface area contributed by atoms with Crippen LogP contribution in [0.2, 0.25) is 0 Å². The maximum atomic E-state index is 12.3. The Morgan fingerprint density at radius 2 is 2.00 bits per heavy atom. The van der Waals surface area contributed by atoms with Gasteiger partial charge >= 0.3 is 18.9 Å². The molecule has 1 rings (SSSR count). The van der Waals surface area contributed by atoms with Crippen molar-refractivity contribution in [1.82, 2.24) is 0 Å². The van der Waals surface area contributed by atoms with Gasteiger partial charge in [-0.25, -0.2) is 4.39 Å². The molecule has 0 aliphatic heterocycles. The van der Waals surface area contributed by atoms with Crippen molar-refractivity contribution in [3.8, 4) is 5.75 Å². The zero-order valence-corrected chi connectivity index (χ0v) is 6.32. The van der Waals surface area contributed by atoms with Gasteiger partial charge in [0.1, 0.15) is 0 Å². The maximum absolute atomic E-state index is 12.3. The topological polar surface area (TPSA) is 9.23 Å². The summed E-state index contributed by atoms with van der Waals surface area (Å²) in [7, 11) is 1.36. The largest absolute Gasteiger partial charge is 1.00 e. The SMILES string of the molecule is COc1[c-]cc(F)c(F)c1.[Li+]. The normalized spacial score (nSPS) is 8.64. The summed E-state index contributed by atoms with van der Waals surface area (Å²) in [6, 6.07) is 4.23. The van der Waals surface area contributed by atoms with E-state index in [9.17, 15) is 8.78 Å². The summed E-state index contributed by atoms with van der Waals surface area (Å²) in [5, 5.41) is 0. The van der Waals surface area contributed by atoms with Crippen LogP contribution in [0.15, 0.2) is 12.1 Å². The van der Waals surface area contributed by atoms with Gasteiger partial charge in [0.05, 0.1) is 12.9 Å². The van der Waals surface area contributed by atoms with E-state index in [0.717, 1.165) is 12.1 Å². The van der Waals surface area contributed by atoms with Crippen LogP contribution >= 0.6 is 0 Å². The third-order valence-corrected chi connectivity index (χ3v) is 1.05. The first kappa shape index (κ1) is 10.5. The van der Waals surface area contributed by atoms with E-state index in [1.165, 1.54) is 7.11 Å². The van der Waals surface area contributed by atoms with Gasteiger partial charge in [0.25, 0.3) is 0 Å². The van der Waals surface area contributed by atoms with Crippen molar-refractivity contribution in [1.29, 1.82) is 0 Å². The molecule has 0 bridgehead atoms. The molecule has 11 heavy (non-hydrogen) atoms. The van der Waals surface area contributed by atoms with Gasteiger partial charge in [0.2, 0.25) is 0 Å². The van der Waals surface area contributed by atoms with Crippen LogP contribution in [0.3, 0.4) is 0 Å². The van der Waals surface area contributed by atoms with Crippen molar-refractivity contribution in [2.24, 2.45) is 0 Å². The first-order valence-electron chi connectivity index (χ1n) is 2.65. The number of benzene rings is 1. The molecule has 1 aromatic carbocycles. The first-order valence-corrected chi connectivity index (χ1v) is 2.65. The molecule has 0 N–H and O–H groups in total. The summed E-state index contributed by atoms with van der Waals surface area (Å²) >= 11 is 0. The number of rotatable bonds is 1. The number of methoxy groups -OCH3 is 1. The third kappa shape index (κ3) is 2.53.